The molecule has 1 N–H and O–H groups in total. The van der Waals surface area contributed by atoms with E-state index < -0.39 is 23.2 Å². The van der Waals surface area contributed by atoms with Crippen molar-refractivity contribution in [2.45, 2.75) is 63.5 Å². The molecule has 122 valence electrons. The Hall–Kier alpha value is -1.64. The zero-order valence-corrected chi connectivity index (χ0v) is 13.2. The fourth-order valence-corrected chi connectivity index (χ4v) is 3.21. The Bertz CT molecular complexity index is 509. The summed E-state index contributed by atoms with van der Waals surface area (Å²) in [4.78, 5) is 12.0. The number of carbonyl (C=O) groups excluding carboxylic acids is 1. The van der Waals surface area contributed by atoms with Crippen LogP contribution in [0.15, 0.2) is 12.2 Å². The van der Waals surface area contributed by atoms with E-state index in [1.165, 1.54) is 0 Å². The van der Waals surface area contributed by atoms with Crippen molar-refractivity contribution in [1.82, 2.24) is 5.32 Å². The maximum atomic E-state index is 13.5. The van der Waals surface area contributed by atoms with Crippen molar-refractivity contribution in [2.24, 2.45) is 11.8 Å². The first kappa shape index (κ1) is 16.7. The molecule has 0 saturated heterocycles. The summed E-state index contributed by atoms with van der Waals surface area (Å²) in [6, 6.07) is 2.15. The highest BCUT2D eigenvalue weighted by Crippen LogP contribution is 2.52. The van der Waals surface area contributed by atoms with Crippen LogP contribution < -0.4 is 5.32 Å². The summed E-state index contributed by atoms with van der Waals surface area (Å²) in [6.45, 7) is 5.19. The molecule has 0 aromatic carbocycles. The number of amides is 1. The molecule has 0 radical (unpaired) electrons. The molecule has 0 aromatic heterocycles. The highest BCUT2D eigenvalue weighted by atomic mass is 19.3. The van der Waals surface area contributed by atoms with Crippen LogP contribution in [0.3, 0.4) is 0 Å². The zero-order valence-electron chi connectivity index (χ0n) is 13.2. The molecule has 2 aliphatic carbocycles. The minimum atomic E-state index is -2.76. The number of nitriles is 1. The van der Waals surface area contributed by atoms with Crippen molar-refractivity contribution in [3.05, 3.63) is 12.2 Å². The molecule has 2 aliphatic rings. The van der Waals surface area contributed by atoms with Gasteiger partial charge >= 0.3 is 6.09 Å². The molecular weight excluding hydrogens is 290 g/mol. The second kappa shape index (κ2) is 5.53. The molecule has 1 amide bonds. The summed E-state index contributed by atoms with van der Waals surface area (Å²) in [5, 5.41) is 11.6. The quantitative estimate of drug-likeness (QED) is 0.789. The van der Waals surface area contributed by atoms with Gasteiger partial charge in [0.1, 0.15) is 5.60 Å². The van der Waals surface area contributed by atoms with E-state index in [1.807, 2.05) is 0 Å². The van der Waals surface area contributed by atoms with Crippen LogP contribution in [0.25, 0.3) is 0 Å². The normalized spacial score (nSPS) is 29.1. The fourth-order valence-electron chi connectivity index (χ4n) is 3.21. The Labute approximate surface area is 129 Å². The lowest BCUT2D eigenvalue weighted by Gasteiger charge is -2.52. The Morgan fingerprint density at radius 2 is 1.95 bits per heavy atom. The molecule has 1 fully saturated rings. The van der Waals surface area contributed by atoms with Gasteiger partial charge in [0.25, 0.3) is 5.92 Å². The van der Waals surface area contributed by atoms with Crippen LogP contribution in [0.5, 0.6) is 0 Å². The van der Waals surface area contributed by atoms with Gasteiger partial charge in [0.2, 0.25) is 0 Å². The predicted octanol–water partition coefficient (Wildman–Crippen LogP) is 3.78. The van der Waals surface area contributed by atoms with E-state index in [0.717, 1.165) is 0 Å². The van der Waals surface area contributed by atoms with Crippen LogP contribution in [0, 0.1) is 23.2 Å². The Kier molecular flexibility index (Phi) is 4.20. The highest BCUT2D eigenvalue weighted by Gasteiger charge is 2.60. The number of ether oxygens (including phenoxy) is 1. The van der Waals surface area contributed by atoms with Gasteiger partial charge in [-0.15, -0.1) is 0 Å². The lowest BCUT2D eigenvalue weighted by atomic mass is 9.62. The molecule has 0 spiro atoms. The van der Waals surface area contributed by atoms with Crippen LogP contribution in [0.4, 0.5) is 13.6 Å². The molecule has 6 heteroatoms. The largest absolute Gasteiger partial charge is 0.444 e. The monoisotopic (exact) mass is 312 g/mol. The molecule has 2 rings (SSSR count). The van der Waals surface area contributed by atoms with Gasteiger partial charge in [-0.2, -0.15) is 5.26 Å². The van der Waals surface area contributed by atoms with E-state index in [0.29, 0.717) is 12.8 Å². The third-order valence-corrected chi connectivity index (χ3v) is 4.14. The first-order chi connectivity index (χ1) is 10.1. The van der Waals surface area contributed by atoms with Crippen molar-refractivity contribution >= 4 is 6.09 Å². The molecule has 1 saturated carbocycles. The van der Waals surface area contributed by atoms with Crippen LogP contribution in [0.1, 0.15) is 46.5 Å². The minimum Gasteiger partial charge on any atom is -0.444 e. The first-order valence-corrected chi connectivity index (χ1v) is 7.52. The molecule has 4 nitrogen and oxygen atoms in total. The Morgan fingerprint density at radius 3 is 2.36 bits per heavy atom. The average molecular weight is 312 g/mol. The van der Waals surface area contributed by atoms with Gasteiger partial charge in [0.15, 0.2) is 0 Å². The van der Waals surface area contributed by atoms with Gasteiger partial charge in [-0.05, 0) is 33.6 Å². The van der Waals surface area contributed by atoms with Gasteiger partial charge < -0.3 is 10.1 Å². The van der Waals surface area contributed by atoms with Gasteiger partial charge in [-0.25, -0.2) is 13.6 Å². The van der Waals surface area contributed by atoms with E-state index in [4.69, 9.17) is 10.00 Å². The highest BCUT2D eigenvalue weighted by molar-refractivity contribution is 5.69. The molecule has 0 aliphatic heterocycles. The number of allylic oxidation sites excluding steroid dienone is 1. The summed E-state index contributed by atoms with van der Waals surface area (Å²) in [6.07, 6.45) is 3.35. The molecule has 0 bridgehead atoms. The summed E-state index contributed by atoms with van der Waals surface area (Å²) in [5.74, 6) is -3.12. The van der Waals surface area contributed by atoms with E-state index in [1.54, 1.807) is 32.9 Å². The maximum absolute atomic E-state index is 13.5. The zero-order chi connectivity index (χ0) is 16.6. The van der Waals surface area contributed by atoms with Crippen LogP contribution in [-0.4, -0.2) is 23.2 Å². The number of alkyl carbamates (subject to hydrolysis) is 1. The van der Waals surface area contributed by atoms with Crippen LogP contribution in [-0.2, 0) is 4.74 Å². The van der Waals surface area contributed by atoms with E-state index in [-0.39, 0.29) is 24.7 Å². The van der Waals surface area contributed by atoms with E-state index in [2.05, 4.69) is 11.4 Å². The SMILES string of the molecule is CC(C)(C)OC(=O)NC1(C2C=CC(C#N)CC2)CC(F)(F)C1. The molecule has 2 unspecified atom stereocenters. The lowest BCUT2D eigenvalue weighted by Crippen LogP contribution is -2.66. The number of hydrogen-bond acceptors (Lipinski definition) is 3. The smallest absolute Gasteiger partial charge is 0.408 e. The topological polar surface area (TPSA) is 62.1 Å². The molecule has 0 aromatic rings. The number of nitrogens with one attached hydrogen (secondary N) is 1. The lowest BCUT2D eigenvalue weighted by molar-refractivity contribution is -0.146. The van der Waals surface area contributed by atoms with E-state index in [9.17, 15) is 13.6 Å². The number of nitrogens with zero attached hydrogens (tertiary/aromatic N) is 1. The first-order valence-electron chi connectivity index (χ1n) is 7.52. The Balaban J connectivity index is 2.10. The third-order valence-electron chi connectivity index (χ3n) is 4.14. The van der Waals surface area contributed by atoms with Gasteiger partial charge in [-0.1, -0.05) is 12.2 Å². The van der Waals surface area contributed by atoms with Gasteiger partial charge in [0.05, 0.1) is 17.5 Å². The molecule has 22 heavy (non-hydrogen) atoms. The summed E-state index contributed by atoms with van der Waals surface area (Å²) < 4.78 is 32.1. The second-order valence-corrected chi connectivity index (χ2v) is 7.30. The molecular formula is C16H22F2N2O2. The van der Waals surface area contributed by atoms with Crippen LogP contribution in [0.2, 0.25) is 0 Å². The molecule has 2 atom stereocenters. The minimum absolute atomic E-state index is 0.171. The standard InChI is InChI=1S/C16H22F2N2O2/c1-14(2,3)22-13(21)20-15(9-16(17,18)10-15)12-6-4-11(8-19)5-7-12/h4,6,11-12H,5,7,9-10H2,1-3H3,(H,20,21). The second-order valence-electron chi connectivity index (χ2n) is 7.30. The third kappa shape index (κ3) is 3.76. The number of carbonyl (C=O) groups is 1. The molecule has 0 heterocycles. The summed E-state index contributed by atoms with van der Waals surface area (Å²) >= 11 is 0. The summed E-state index contributed by atoms with van der Waals surface area (Å²) in [5.41, 5.74) is -1.64. The van der Waals surface area contributed by atoms with Crippen molar-refractivity contribution in [3.8, 4) is 6.07 Å². The number of hydrogen-bond donors (Lipinski definition) is 1. The van der Waals surface area contributed by atoms with E-state index >= 15 is 0 Å². The van der Waals surface area contributed by atoms with Crippen molar-refractivity contribution in [2.75, 3.05) is 0 Å². The number of alkyl halides is 2. The van der Waals surface area contributed by atoms with Gasteiger partial charge in [-0.3, -0.25) is 0 Å². The number of rotatable bonds is 2. The van der Waals surface area contributed by atoms with Crippen LogP contribution >= 0.6 is 0 Å². The summed E-state index contributed by atoms with van der Waals surface area (Å²) in [7, 11) is 0. The van der Waals surface area contributed by atoms with Crippen molar-refractivity contribution < 1.29 is 18.3 Å². The predicted molar refractivity (Wildman–Crippen MR) is 77.2 cm³/mol. The Morgan fingerprint density at radius 1 is 1.32 bits per heavy atom. The number of halogens is 2. The maximum Gasteiger partial charge on any atom is 0.408 e. The van der Waals surface area contributed by atoms with Crippen molar-refractivity contribution in [1.29, 1.82) is 5.26 Å². The van der Waals surface area contributed by atoms with Gasteiger partial charge in [0, 0.05) is 18.8 Å². The average Bonchev–Trinajstić information content (AvgIpc) is 2.34. The fraction of sp³-hybridized carbons (Fsp3) is 0.750. The van der Waals surface area contributed by atoms with Crippen molar-refractivity contribution in [3.63, 3.8) is 0 Å².